The number of esters is 1. The number of fused-ring (bicyclic) bond motifs is 1. The van der Waals surface area contributed by atoms with E-state index < -0.39 is 0 Å². The first-order valence-corrected chi connectivity index (χ1v) is 8.45. The molecule has 22 heavy (non-hydrogen) atoms. The maximum atomic E-state index is 11.8. The van der Waals surface area contributed by atoms with Gasteiger partial charge in [0.1, 0.15) is 16.3 Å². The van der Waals surface area contributed by atoms with Crippen LogP contribution in [0.5, 0.6) is 0 Å². The molecule has 0 amide bonds. The molecule has 6 heteroatoms. The maximum absolute atomic E-state index is 11.8. The van der Waals surface area contributed by atoms with Gasteiger partial charge in [-0.05, 0) is 32.0 Å². The number of thioether (sulfide) groups is 1. The van der Waals surface area contributed by atoms with Crippen LogP contribution < -0.4 is 0 Å². The van der Waals surface area contributed by atoms with E-state index in [2.05, 4.69) is 22.9 Å². The smallest absolute Gasteiger partial charge is 0.319 e. The second kappa shape index (κ2) is 7.61. The average Bonchev–Trinajstić information content (AvgIpc) is 2.53. The van der Waals surface area contributed by atoms with Crippen LogP contribution in [-0.4, -0.2) is 40.8 Å². The van der Waals surface area contributed by atoms with Gasteiger partial charge in [0.25, 0.3) is 0 Å². The molecule has 0 spiro atoms. The number of hydrogen-bond acceptors (Lipinski definition) is 6. The largest absolute Gasteiger partial charge is 0.465 e. The Morgan fingerprint density at radius 2 is 2.36 bits per heavy atom. The van der Waals surface area contributed by atoms with Crippen LogP contribution in [0.2, 0.25) is 0 Å². The van der Waals surface area contributed by atoms with Crippen LogP contribution in [0.3, 0.4) is 0 Å². The first-order valence-electron chi connectivity index (χ1n) is 7.57. The number of ether oxygens (including phenoxy) is 1. The van der Waals surface area contributed by atoms with Crippen molar-refractivity contribution in [2.75, 3.05) is 19.7 Å². The molecular formula is C16H21N3O2S. The lowest BCUT2D eigenvalue weighted by Gasteiger charge is -2.27. The first kappa shape index (κ1) is 16.8. The van der Waals surface area contributed by atoms with E-state index >= 15 is 0 Å². The summed E-state index contributed by atoms with van der Waals surface area (Å²) >= 11 is 1.30. The second-order valence-electron chi connectivity index (χ2n) is 5.19. The molecule has 2 heterocycles. The Hall–Kier alpha value is -1.58. The van der Waals surface area contributed by atoms with Gasteiger partial charge in [0, 0.05) is 25.2 Å². The molecular weight excluding hydrogens is 298 g/mol. The van der Waals surface area contributed by atoms with Gasteiger partial charge in [-0.3, -0.25) is 9.69 Å². The molecule has 1 aliphatic heterocycles. The lowest BCUT2D eigenvalue weighted by Crippen LogP contribution is -2.31. The monoisotopic (exact) mass is 319 g/mol. The maximum Gasteiger partial charge on any atom is 0.319 e. The minimum absolute atomic E-state index is 0.270. The number of nitrogens with zero attached hydrogens (tertiary/aromatic N) is 3. The Bertz CT molecular complexity index is 598. The van der Waals surface area contributed by atoms with E-state index in [9.17, 15) is 10.1 Å². The van der Waals surface area contributed by atoms with E-state index in [1.807, 2.05) is 6.07 Å². The van der Waals surface area contributed by atoms with E-state index in [0.717, 1.165) is 37.3 Å². The van der Waals surface area contributed by atoms with Gasteiger partial charge in [-0.15, -0.1) is 0 Å². The zero-order valence-electron chi connectivity index (χ0n) is 13.3. The highest BCUT2D eigenvalue weighted by Crippen LogP contribution is 2.29. The van der Waals surface area contributed by atoms with Crippen molar-refractivity contribution in [3.05, 3.63) is 22.9 Å². The second-order valence-corrected chi connectivity index (χ2v) is 6.52. The van der Waals surface area contributed by atoms with Gasteiger partial charge < -0.3 is 4.74 Å². The highest BCUT2D eigenvalue weighted by atomic mass is 32.2. The molecule has 0 bridgehead atoms. The van der Waals surface area contributed by atoms with Crippen LogP contribution >= 0.6 is 11.8 Å². The molecule has 0 fully saturated rings. The number of pyridine rings is 1. The van der Waals surface area contributed by atoms with E-state index in [4.69, 9.17) is 4.74 Å². The molecule has 1 aliphatic rings. The van der Waals surface area contributed by atoms with Crippen molar-refractivity contribution in [3.63, 3.8) is 0 Å². The summed E-state index contributed by atoms with van der Waals surface area (Å²) in [4.78, 5) is 18.7. The third-order valence-corrected chi connectivity index (χ3v) is 4.77. The molecule has 0 saturated carbocycles. The molecule has 0 radical (unpaired) electrons. The van der Waals surface area contributed by atoms with Crippen molar-refractivity contribution in [3.8, 4) is 6.07 Å². The van der Waals surface area contributed by atoms with Crippen LogP contribution in [0.1, 0.15) is 37.6 Å². The highest BCUT2D eigenvalue weighted by molar-refractivity contribution is 8.00. The van der Waals surface area contributed by atoms with Crippen molar-refractivity contribution in [2.45, 2.75) is 44.0 Å². The minimum Gasteiger partial charge on any atom is -0.465 e. The number of carbonyl (C=O) groups is 1. The molecule has 1 atom stereocenters. The topological polar surface area (TPSA) is 66.2 Å². The fraction of sp³-hybridized carbons (Fsp3) is 0.562. The summed E-state index contributed by atoms with van der Waals surface area (Å²) in [5.41, 5.74) is 2.71. The summed E-state index contributed by atoms with van der Waals surface area (Å²) in [6.07, 6.45) is 0.885. The van der Waals surface area contributed by atoms with Crippen LogP contribution in [0.25, 0.3) is 0 Å². The van der Waals surface area contributed by atoms with Crippen molar-refractivity contribution < 1.29 is 9.53 Å². The Balaban J connectivity index is 2.22. The van der Waals surface area contributed by atoms with Gasteiger partial charge in [-0.2, -0.15) is 5.26 Å². The molecule has 0 N–H and O–H groups in total. The van der Waals surface area contributed by atoms with Crippen LogP contribution in [-0.2, 0) is 22.5 Å². The number of likely N-dealkylation sites (N-methyl/N-ethyl adjacent to an activating group) is 1. The molecule has 2 rings (SSSR count). The fourth-order valence-corrected chi connectivity index (χ4v) is 3.32. The number of carbonyl (C=O) groups excluding carboxylic acids is 1. The summed E-state index contributed by atoms with van der Waals surface area (Å²) in [5.74, 6) is -0.270. The van der Waals surface area contributed by atoms with Gasteiger partial charge >= 0.3 is 5.97 Å². The van der Waals surface area contributed by atoms with E-state index in [1.165, 1.54) is 11.8 Å². The predicted octanol–water partition coefficient (Wildman–Crippen LogP) is 2.37. The van der Waals surface area contributed by atoms with E-state index in [1.54, 1.807) is 13.8 Å². The molecule has 5 nitrogen and oxygen atoms in total. The SMILES string of the molecule is CCOC(=O)C(C)Sc1nc2c(cc1C#N)CN(CC)CC2. The Morgan fingerprint density at radius 1 is 1.59 bits per heavy atom. The third-order valence-electron chi connectivity index (χ3n) is 3.69. The standard InChI is InChI=1S/C16H21N3O2S/c1-4-19-7-6-14-13(10-19)8-12(9-17)15(18-14)22-11(3)16(20)21-5-2/h8,11H,4-7,10H2,1-3H3. The Morgan fingerprint density at radius 3 is 3.00 bits per heavy atom. The van der Waals surface area contributed by atoms with Crippen molar-refractivity contribution in [2.24, 2.45) is 0 Å². The first-order chi connectivity index (χ1) is 10.6. The summed E-state index contributed by atoms with van der Waals surface area (Å²) in [6, 6.07) is 4.12. The van der Waals surface area contributed by atoms with Gasteiger partial charge in [0.2, 0.25) is 0 Å². The molecule has 1 unspecified atom stereocenters. The molecule has 118 valence electrons. The van der Waals surface area contributed by atoms with Gasteiger partial charge in [-0.25, -0.2) is 4.98 Å². The lowest BCUT2D eigenvalue weighted by molar-refractivity contribution is -0.142. The Kier molecular flexibility index (Phi) is 5.81. The molecule has 1 aromatic rings. The van der Waals surface area contributed by atoms with Gasteiger partial charge in [-0.1, -0.05) is 18.7 Å². The summed E-state index contributed by atoms with van der Waals surface area (Å²) in [7, 11) is 0. The molecule has 0 saturated heterocycles. The molecule has 0 aliphatic carbocycles. The number of hydrogen-bond donors (Lipinski definition) is 0. The number of aromatic nitrogens is 1. The van der Waals surface area contributed by atoms with Gasteiger partial charge in [0.05, 0.1) is 12.2 Å². The zero-order chi connectivity index (χ0) is 16.1. The number of nitriles is 1. The lowest BCUT2D eigenvalue weighted by atomic mass is 10.0. The predicted molar refractivity (Wildman–Crippen MR) is 85.6 cm³/mol. The highest BCUT2D eigenvalue weighted by Gasteiger charge is 2.22. The fourth-order valence-electron chi connectivity index (χ4n) is 2.43. The zero-order valence-corrected chi connectivity index (χ0v) is 14.1. The van der Waals surface area contributed by atoms with E-state index in [0.29, 0.717) is 17.2 Å². The van der Waals surface area contributed by atoms with Crippen molar-refractivity contribution >= 4 is 17.7 Å². The summed E-state index contributed by atoms with van der Waals surface area (Å²) in [5, 5.41) is 9.63. The quantitative estimate of drug-likeness (QED) is 0.613. The van der Waals surface area contributed by atoms with Crippen molar-refractivity contribution in [1.82, 2.24) is 9.88 Å². The van der Waals surface area contributed by atoms with Crippen LogP contribution in [0.4, 0.5) is 0 Å². The normalized spacial score (nSPS) is 15.7. The molecule has 1 aromatic heterocycles. The number of rotatable bonds is 5. The summed E-state index contributed by atoms with van der Waals surface area (Å²) in [6.45, 7) is 8.88. The third kappa shape index (κ3) is 3.79. The minimum atomic E-state index is -0.367. The van der Waals surface area contributed by atoms with Crippen molar-refractivity contribution in [1.29, 1.82) is 5.26 Å². The van der Waals surface area contributed by atoms with Gasteiger partial charge in [0.15, 0.2) is 0 Å². The summed E-state index contributed by atoms with van der Waals surface area (Å²) < 4.78 is 5.01. The average molecular weight is 319 g/mol. The Labute approximate surface area is 135 Å². The van der Waals surface area contributed by atoms with E-state index in [-0.39, 0.29) is 11.2 Å². The van der Waals surface area contributed by atoms with Crippen LogP contribution in [0, 0.1) is 11.3 Å². The molecule has 0 aromatic carbocycles. The van der Waals surface area contributed by atoms with Crippen LogP contribution in [0.15, 0.2) is 11.1 Å².